The lowest BCUT2D eigenvalue weighted by Gasteiger charge is -2.20. The number of rotatable bonds is 7. The lowest BCUT2D eigenvalue weighted by Crippen LogP contribution is -2.39. The van der Waals surface area contributed by atoms with Crippen LogP contribution in [0.1, 0.15) is 27.2 Å². The van der Waals surface area contributed by atoms with E-state index in [2.05, 4.69) is 26.1 Å². The lowest BCUT2D eigenvalue weighted by atomic mass is 9.92. The normalized spacial score (nSPS) is 12.3. The minimum Gasteiger partial charge on any atom is -0.497 e. The first-order valence-corrected chi connectivity index (χ1v) is 8.87. The van der Waals surface area contributed by atoms with E-state index in [9.17, 15) is 13.2 Å². The summed E-state index contributed by atoms with van der Waals surface area (Å²) >= 11 is 0. The Morgan fingerprint density at radius 1 is 1.22 bits per heavy atom. The molecule has 0 saturated carbocycles. The quantitative estimate of drug-likeness (QED) is 0.821. The summed E-state index contributed by atoms with van der Waals surface area (Å²) in [5.41, 5.74) is 0.119. The molecule has 0 aliphatic heterocycles. The summed E-state index contributed by atoms with van der Waals surface area (Å²) in [4.78, 5) is 12.0. The number of likely N-dealkylation sites (N-methyl/N-ethyl adjacent to an activating group) is 1. The maximum atomic E-state index is 12.4. The largest absolute Gasteiger partial charge is 0.497 e. The fourth-order valence-corrected chi connectivity index (χ4v) is 2.97. The smallest absolute Gasteiger partial charge is 0.243 e. The second kappa shape index (κ2) is 7.79. The van der Waals surface area contributed by atoms with E-state index >= 15 is 0 Å². The average molecular weight is 342 g/mol. The minimum absolute atomic E-state index is 0.119. The van der Waals surface area contributed by atoms with Crippen molar-refractivity contribution in [2.75, 3.05) is 27.2 Å². The van der Waals surface area contributed by atoms with Gasteiger partial charge in [0.2, 0.25) is 15.9 Å². The Kier molecular flexibility index (Phi) is 6.58. The Morgan fingerprint density at radius 3 is 2.26 bits per heavy atom. The zero-order valence-electron chi connectivity index (χ0n) is 14.4. The standard InChI is InChI=1S/C16H26N2O4S/c1-16(2,3)10-11-17-15(19)12-18(4)23(20,21)14-8-6-13(22-5)7-9-14/h6-9H,10-12H2,1-5H3,(H,17,19). The van der Waals surface area contributed by atoms with E-state index in [1.54, 1.807) is 12.1 Å². The maximum Gasteiger partial charge on any atom is 0.243 e. The van der Waals surface area contributed by atoms with Gasteiger partial charge in [0.15, 0.2) is 0 Å². The van der Waals surface area contributed by atoms with Crippen LogP contribution in [0.15, 0.2) is 29.2 Å². The van der Waals surface area contributed by atoms with Gasteiger partial charge in [-0.05, 0) is 36.1 Å². The van der Waals surface area contributed by atoms with E-state index in [1.165, 1.54) is 26.3 Å². The number of amides is 1. The molecule has 0 aliphatic rings. The van der Waals surface area contributed by atoms with E-state index < -0.39 is 10.0 Å². The molecule has 0 bridgehead atoms. The molecule has 0 radical (unpaired) electrons. The van der Waals surface area contributed by atoms with E-state index in [0.29, 0.717) is 12.3 Å². The third-order valence-corrected chi connectivity index (χ3v) is 5.15. The van der Waals surface area contributed by atoms with E-state index in [0.717, 1.165) is 10.7 Å². The highest BCUT2D eigenvalue weighted by Crippen LogP contribution is 2.19. The van der Waals surface area contributed by atoms with Gasteiger partial charge in [-0.25, -0.2) is 8.42 Å². The van der Waals surface area contributed by atoms with Gasteiger partial charge in [0, 0.05) is 13.6 Å². The third kappa shape index (κ3) is 6.19. The first-order chi connectivity index (χ1) is 10.6. The predicted molar refractivity (Wildman–Crippen MR) is 89.9 cm³/mol. The molecule has 7 heteroatoms. The van der Waals surface area contributed by atoms with Gasteiger partial charge >= 0.3 is 0 Å². The summed E-state index contributed by atoms with van der Waals surface area (Å²) in [6, 6.07) is 6.07. The van der Waals surface area contributed by atoms with E-state index in [-0.39, 0.29) is 22.8 Å². The highest BCUT2D eigenvalue weighted by molar-refractivity contribution is 7.89. The van der Waals surface area contributed by atoms with Gasteiger partial charge in [0.1, 0.15) is 5.75 Å². The molecule has 6 nitrogen and oxygen atoms in total. The van der Waals surface area contributed by atoms with Crippen LogP contribution >= 0.6 is 0 Å². The van der Waals surface area contributed by atoms with Crippen LogP contribution in [0.2, 0.25) is 0 Å². The molecule has 0 aliphatic carbocycles. The first-order valence-electron chi connectivity index (χ1n) is 7.43. The van der Waals surface area contributed by atoms with Gasteiger partial charge in [-0.3, -0.25) is 4.79 Å². The van der Waals surface area contributed by atoms with Gasteiger partial charge in [-0.15, -0.1) is 0 Å². The molecule has 0 spiro atoms. The summed E-state index contributed by atoms with van der Waals surface area (Å²) < 4.78 is 30.9. The van der Waals surface area contributed by atoms with Gasteiger partial charge in [0.25, 0.3) is 0 Å². The number of nitrogens with zero attached hydrogens (tertiary/aromatic N) is 1. The van der Waals surface area contributed by atoms with Gasteiger partial charge in [0.05, 0.1) is 18.6 Å². The van der Waals surface area contributed by atoms with Crippen molar-refractivity contribution in [2.45, 2.75) is 32.1 Å². The number of hydrogen-bond donors (Lipinski definition) is 1. The van der Waals surface area contributed by atoms with Crippen LogP contribution in [-0.4, -0.2) is 45.9 Å². The number of sulfonamides is 1. The van der Waals surface area contributed by atoms with Crippen molar-refractivity contribution < 1.29 is 17.9 Å². The molecule has 23 heavy (non-hydrogen) atoms. The van der Waals surface area contributed by atoms with Crippen molar-refractivity contribution >= 4 is 15.9 Å². The molecule has 1 aromatic carbocycles. The summed E-state index contributed by atoms with van der Waals surface area (Å²) in [7, 11) is -0.792. The van der Waals surface area contributed by atoms with Crippen LogP contribution in [-0.2, 0) is 14.8 Å². The monoisotopic (exact) mass is 342 g/mol. The molecule has 130 valence electrons. The fraction of sp³-hybridized carbons (Fsp3) is 0.562. The Balaban J connectivity index is 2.64. The van der Waals surface area contributed by atoms with Gasteiger partial charge in [-0.1, -0.05) is 20.8 Å². The molecule has 1 rings (SSSR count). The number of carbonyl (C=O) groups is 1. The van der Waals surface area contributed by atoms with E-state index in [4.69, 9.17) is 4.74 Å². The van der Waals surface area contributed by atoms with Crippen LogP contribution in [0.5, 0.6) is 5.75 Å². The molecule has 0 aromatic heterocycles. The summed E-state index contributed by atoms with van der Waals surface area (Å²) in [5.74, 6) is 0.264. The SMILES string of the molecule is COc1ccc(S(=O)(=O)N(C)CC(=O)NCCC(C)(C)C)cc1. The van der Waals surface area contributed by atoms with E-state index in [1.807, 2.05) is 0 Å². The highest BCUT2D eigenvalue weighted by Gasteiger charge is 2.23. The second-order valence-corrected chi connectivity index (χ2v) is 8.64. The van der Waals surface area contributed by atoms with Crippen molar-refractivity contribution in [2.24, 2.45) is 5.41 Å². The summed E-state index contributed by atoms with van der Waals surface area (Å²) in [5, 5.41) is 2.75. The predicted octanol–water partition coefficient (Wildman–Crippen LogP) is 1.87. The van der Waals surface area contributed by atoms with Crippen molar-refractivity contribution in [3.8, 4) is 5.75 Å². The van der Waals surface area contributed by atoms with Crippen LogP contribution in [0.25, 0.3) is 0 Å². The molecule has 0 saturated heterocycles. The van der Waals surface area contributed by atoms with Crippen LogP contribution in [0.4, 0.5) is 0 Å². The average Bonchev–Trinajstić information content (AvgIpc) is 2.45. The van der Waals surface area contributed by atoms with Crippen molar-refractivity contribution in [1.82, 2.24) is 9.62 Å². The van der Waals surface area contributed by atoms with Gasteiger partial charge in [-0.2, -0.15) is 4.31 Å². The Morgan fingerprint density at radius 2 is 1.78 bits per heavy atom. The van der Waals surface area contributed by atoms with Crippen LogP contribution in [0, 0.1) is 5.41 Å². The number of nitrogens with one attached hydrogen (secondary N) is 1. The zero-order valence-corrected chi connectivity index (χ0v) is 15.2. The van der Waals surface area contributed by atoms with Crippen molar-refractivity contribution in [1.29, 1.82) is 0 Å². The fourth-order valence-electron chi connectivity index (χ4n) is 1.85. The number of carbonyl (C=O) groups excluding carboxylic acids is 1. The minimum atomic E-state index is -3.70. The zero-order chi connectivity index (χ0) is 17.7. The molecular weight excluding hydrogens is 316 g/mol. The number of hydrogen-bond acceptors (Lipinski definition) is 4. The number of benzene rings is 1. The van der Waals surface area contributed by atoms with Crippen molar-refractivity contribution in [3.63, 3.8) is 0 Å². The first kappa shape index (κ1) is 19.4. The second-order valence-electron chi connectivity index (χ2n) is 6.60. The number of ether oxygens (including phenoxy) is 1. The highest BCUT2D eigenvalue weighted by atomic mass is 32.2. The molecule has 0 unspecified atom stereocenters. The van der Waals surface area contributed by atoms with Crippen molar-refractivity contribution in [3.05, 3.63) is 24.3 Å². The topological polar surface area (TPSA) is 75.7 Å². The molecule has 1 amide bonds. The Labute approximate surface area is 138 Å². The van der Waals surface area contributed by atoms with Crippen LogP contribution in [0.3, 0.4) is 0 Å². The molecular formula is C16H26N2O4S. The Bertz CT molecular complexity index is 618. The molecule has 0 heterocycles. The number of methoxy groups -OCH3 is 1. The molecule has 1 N–H and O–H groups in total. The third-order valence-electron chi connectivity index (χ3n) is 3.33. The lowest BCUT2D eigenvalue weighted by molar-refractivity contribution is -0.121. The molecule has 0 atom stereocenters. The summed E-state index contributed by atoms with van der Waals surface area (Å²) in [6.07, 6.45) is 0.827. The molecule has 1 aromatic rings. The summed E-state index contributed by atoms with van der Waals surface area (Å²) in [6.45, 7) is 6.56. The molecule has 0 fully saturated rings. The Hall–Kier alpha value is -1.60. The van der Waals surface area contributed by atoms with Gasteiger partial charge < -0.3 is 10.1 Å². The maximum absolute atomic E-state index is 12.4. The van der Waals surface area contributed by atoms with Crippen LogP contribution < -0.4 is 10.1 Å².